The second-order valence-electron chi connectivity index (χ2n) is 4.88. The highest BCUT2D eigenvalue weighted by atomic mass is 79.9. The number of hydrogen-bond donors (Lipinski definition) is 1. The summed E-state index contributed by atoms with van der Waals surface area (Å²) in [5.74, 6) is -8.94. The third kappa shape index (κ3) is 6.07. The van der Waals surface area contributed by atoms with Crippen molar-refractivity contribution in [2.75, 3.05) is 0 Å². The van der Waals surface area contributed by atoms with Crippen LogP contribution in [0.2, 0.25) is 10.0 Å². The highest BCUT2D eigenvalue weighted by Gasteiger charge is 2.40. The van der Waals surface area contributed by atoms with Crippen LogP contribution in [0.15, 0.2) is 45.3 Å². The Kier molecular flexibility index (Phi) is 8.11. The number of alkyl halides is 4. The fraction of sp³-hybridized carbons (Fsp3) is 0.125. The van der Waals surface area contributed by atoms with Gasteiger partial charge in [0.1, 0.15) is 6.07 Å². The van der Waals surface area contributed by atoms with Crippen molar-refractivity contribution in [1.82, 2.24) is 0 Å². The van der Waals surface area contributed by atoms with Crippen LogP contribution < -0.4 is 5.73 Å². The largest absolute Gasteiger partial charge is 0.364 e. The maximum Gasteiger partial charge on any atom is 0.357 e. The summed E-state index contributed by atoms with van der Waals surface area (Å²) in [6.45, 7) is 0. The normalized spacial score (nSPS) is 11.2. The van der Waals surface area contributed by atoms with Crippen LogP contribution in [0.4, 0.5) is 17.6 Å². The van der Waals surface area contributed by atoms with E-state index in [4.69, 9.17) is 28.5 Å². The second-order valence-corrected chi connectivity index (χ2v) is 7.46. The first-order valence-corrected chi connectivity index (χ1v) is 9.05. The molecule has 0 bridgehead atoms. The molecule has 11 heteroatoms. The molecule has 2 aromatic rings. The van der Waals surface area contributed by atoms with Crippen molar-refractivity contribution < 1.29 is 22.4 Å². The molecule has 0 saturated carbocycles. The van der Waals surface area contributed by atoms with E-state index in [0.29, 0.717) is 8.95 Å². The van der Waals surface area contributed by atoms with Crippen molar-refractivity contribution in [3.05, 3.63) is 66.5 Å². The van der Waals surface area contributed by atoms with E-state index in [1.807, 2.05) is 0 Å². The maximum absolute atomic E-state index is 13.1. The van der Waals surface area contributed by atoms with E-state index in [0.717, 1.165) is 24.3 Å². The quantitative estimate of drug-likeness (QED) is 0.450. The third-order valence-electron chi connectivity index (χ3n) is 3.00. The minimum Gasteiger partial charge on any atom is -0.364 e. The van der Waals surface area contributed by atoms with Gasteiger partial charge in [-0.15, -0.1) is 0 Å². The van der Waals surface area contributed by atoms with E-state index in [1.165, 1.54) is 18.2 Å². The Balaban J connectivity index is 0.000000271. The fourth-order valence-corrected chi connectivity index (χ4v) is 2.85. The summed E-state index contributed by atoms with van der Waals surface area (Å²) < 4.78 is 52.8. The van der Waals surface area contributed by atoms with Gasteiger partial charge in [0.05, 0.1) is 10.0 Å². The van der Waals surface area contributed by atoms with E-state index >= 15 is 0 Å². The summed E-state index contributed by atoms with van der Waals surface area (Å²) in [5, 5.41) is 8.11. The van der Waals surface area contributed by atoms with E-state index < -0.39 is 28.9 Å². The molecule has 0 spiro atoms. The van der Waals surface area contributed by atoms with Gasteiger partial charge in [0.25, 0.3) is 5.91 Å². The van der Waals surface area contributed by atoms with Crippen LogP contribution >= 0.6 is 55.1 Å². The molecule has 144 valence electrons. The van der Waals surface area contributed by atoms with E-state index in [2.05, 4.69) is 37.6 Å². The Morgan fingerprint density at radius 2 is 1.63 bits per heavy atom. The van der Waals surface area contributed by atoms with Gasteiger partial charge >= 0.3 is 11.8 Å². The van der Waals surface area contributed by atoms with Crippen LogP contribution in [-0.2, 0) is 16.6 Å². The van der Waals surface area contributed by atoms with Gasteiger partial charge in [-0.1, -0.05) is 45.2 Å². The number of primary amides is 1. The Labute approximate surface area is 178 Å². The monoisotopic (exact) mass is 548 g/mol. The average Bonchev–Trinajstić information content (AvgIpc) is 2.57. The molecule has 27 heavy (non-hydrogen) atoms. The molecule has 2 rings (SSSR count). The van der Waals surface area contributed by atoms with Gasteiger partial charge in [0.15, 0.2) is 0 Å². The Hall–Kier alpha value is -1.34. The SMILES string of the molecule is N#CC(F)(F)c1ccc(Br)c(Cl)c1.NC(=O)C(F)(F)c1ccc(Br)cc1Cl. The molecule has 0 fully saturated rings. The number of nitrogens with zero attached hydrogens (tertiary/aromatic N) is 1. The van der Waals surface area contributed by atoms with E-state index in [9.17, 15) is 22.4 Å². The van der Waals surface area contributed by atoms with E-state index in [-0.39, 0.29) is 10.0 Å². The Morgan fingerprint density at radius 3 is 2.07 bits per heavy atom. The summed E-state index contributed by atoms with van der Waals surface area (Å²) in [6, 6.07) is 8.17. The summed E-state index contributed by atoms with van der Waals surface area (Å²) in [7, 11) is 0. The van der Waals surface area contributed by atoms with Crippen LogP contribution in [0.3, 0.4) is 0 Å². The minimum atomic E-state index is -3.74. The lowest BCUT2D eigenvalue weighted by atomic mass is 10.1. The first kappa shape index (κ1) is 23.7. The zero-order valence-corrected chi connectivity index (χ0v) is 17.6. The minimum absolute atomic E-state index is 0.160. The molecule has 0 aliphatic heterocycles. The molecule has 0 heterocycles. The van der Waals surface area contributed by atoms with Crippen molar-refractivity contribution >= 4 is 61.0 Å². The summed E-state index contributed by atoms with van der Waals surface area (Å²) in [6.07, 6.45) is 0. The lowest BCUT2D eigenvalue weighted by Gasteiger charge is -2.13. The first-order chi connectivity index (χ1) is 12.3. The lowest BCUT2D eigenvalue weighted by Crippen LogP contribution is -2.33. The highest BCUT2D eigenvalue weighted by molar-refractivity contribution is 9.10. The number of benzene rings is 2. The standard InChI is InChI=1S/C8H5BrClF2NO.C8H3BrClF2N/c9-4-1-2-5(6(10)3-4)8(11,12)7(13)14;9-6-2-1-5(3-7(6)10)8(11,12)4-13/h1-3H,(H2,13,14);1-3H. The average molecular weight is 551 g/mol. The molecule has 0 aliphatic carbocycles. The number of hydrogen-bond acceptors (Lipinski definition) is 2. The predicted molar refractivity (Wildman–Crippen MR) is 101 cm³/mol. The highest BCUT2D eigenvalue weighted by Crippen LogP contribution is 2.34. The molecule has 0 radical (unpaired) electrons. The van der Waals surface area contributed by atoms with Crippen LogP contribution in [0.25, 0.3) is 0 Å². The van der Waals surface area contributed by atoms with Crippen LogP contribution in [0.1, 0.15) is 11.1 Å². The molecule has 1 amide bonds. The molecule has 0 unspecified atom stereocenters. The molecule has 3 nitrogen and oxygen atoms in total. The van der Waals surface area contributed by atoms with Crippen molar-refractivity contribution in [1.29, 1.82) is 5.26 Å². The number of carbonyl (C=O) groups is 1. The molecule has 0 atom stereocenters. The van der Waals surface area contributed by atoms with Gasteiger partial charge in [-0.3, -0.25) is 4.79 Å². The molecule has 2 aromatic carbocycles. The lowest BCUT2D eigenvalue weighted by molar-refractivity contribution is -0.143. The second kappa shape index (κ2) is 9.24. The molecule has 2 N–H and O–H groups in total. The van der Waals surface area contributed by atoms with Gasteiger partial charge in [-0.05, 0) is 46.3 Å². The topological polar surface area (TPSA) is 66.9 Å². The zero-order valence-electron chi connectivity index (χ0n) is 12.9. The molecule has 0 aliphatic rings. The van der Waals surface area contributed by atoms with Crippen molar-refractivity contribution in [2.24, 2.45) is 5.73 Å². The number of rotatable bonds is 3. The Morgan fingerprint density at radius 1 is 1.04 bits per heavy atom. The predicted octanol–water partition coefficient (Wildman–Crippen LogP) is 6.40. The number of nitrogens with two attached hydrogens (primary N) is 1. The molecular formula is C16H8Br2Cl2F4N2O. The number of carbonyl (C=O) groups excluding carboxylic acids is 1. The Bertz CT molecular complexity index is 904. The summed E-state index contributed by atoms with van der Waals surface area (Å²) in [4.78, 5) is 10.5. The number of nitriles is 1. The van der Waals surface area contributed by atoms with Gasteiger partial charge < -0.3 is 5.73 Å². The van der Waals surface area contributed by atoms with Crippen LogP contribution in [-0.4, -0.2) is 5.91 Å². The van der Waals surface area contributed by atoms with Gasteiger partial charge in [-0.25, -0.2) is 0 Å². The van der Waals surface area contributed by atoms with E-state index in [1.54, 1.807) is 0 Å². The van der Waals surface area contributed by atoms with Crippen molar-refractivity contribution in [2.45, 2.75) is 11.8 Å². The number of amides is 1. The molecule has 0 saturated heterocycles. The van der Waals surface area contributed by atoms with Crippen molar-refractivity contribution in [3.8, 4) is 6.07 Å². The first-order valence-electron chi connectivity index (χ1n) is 6.70. The van der Waals surface area contributed by atoms with Crippen molar-refractivity contribution in [3.63, 3.8) is 0 Å². The van der Waals surface area contributed by atoms with Gasteiger partial charge in [-0.2, -0.15) is 22.8 Å². The fourth-order valence-electron chi connectivity index (χ4n) is 1.63. The van der Waals surface area contributed by atoms with Gasteiger partial charge in [0.2, 0.25) is 0 Å². The smallest absolute Gasteiger partial charge is 0.357 e. The molecular weight excluding hydrogens is 543 g/mol. The molecule has 0 aromatic heterocycles. The van der Waals surface area contributed by atoms with Gasteiger partial charge in [0, 0.05) is 20.1 Å². The summed E-state index contributed by atoms with van der Waals surface area (Å²) in [5.41, 5.74) is 3.56. The van der Waals surface area contributed by atoms with Crippen LogP contribution in [0.5, 0.6) is 0 Å². The third-order valence-corrected chi connectivity index (χ3v) is 5.04. The summed E-state index contributed by atoms with van der Waals surface area (Å²) >= 11 is 17.2. The maximum atomic E-state index is 13.1. The van der Waals surface area contributed by atoms with Crippen LogP contribution in [0, 0.1) is 11.3 Å². The zero-order chi connectivity index (χ0) is 21.0. The number of halogens is 8.